The van der Waals surface area contributed by atoms with E-state index < -0.39 is 22.2 Å². The number of rotatable bonds is 5. The van der Waals surface area contributed by atoms with Gasteiger partial charge in [0.2, 0.25) is 0 Å². The molecule has 21 heavy (non-hydrogen) atoms. The molecule has 1 fully saturated rings. The summed E-state index contributed by atoms with van der Waals surface area (Å²) in [6.07, 6.45) is 6.39. The molecule has 0 saturated heterocycles. The number of non-ortho nitro benzene ring substituents is 1. The molecule has 0 heterocycles. The zero-order chi connectivity index (χ0) is 15.4. The SMILES string of the molecule is CCC(Nc1c(F)cc([N+](=O)[O-])cc1F)C1CCCCC1. The topological polar surface area (TPSA) is 55.2 Å². The molecular formula is C15H20F2N2O2. The highest BCUT2D eigenvalue weighted by Gasteiger charge is 2.25. The van der Waals surface area contributed by atoms with Crippen molar-refractivity contribution in [3.8, 4) is 0 Å². The zero-order valence-electron chi connectivity index (χ0n) is 12.1. The van der Waals surface area contributed by atoms with Gasteiger partial charge in [0.1, 0.15) is 5.69 Å². The molecule has 1 N–H and O–H groups in total. The van der Waals surface area contributed by atoms with Gasteiger partial charge in [-0.3, -0.25) is 10.1 Å². The highest BCUT2D eigenvalue weighted by Crippen LogP contribution is 2.32. The van der Waals surface area contributed by atoms with Crippen molar-refractivity contribution in [2.75, 3.05) is 5.32 Å². The fourth-order valence-corrected chi connectivity index (χ4v) is 3.08. The van der Waals surface area contributed by atoms with Crippen molar-refractivity contribution in [3.05, 3.63) is 33.9 Å². The molecule has 1 atom stereocenters. The molecule has 0 spiro atoms. The van der Waals surface area contributed by atoms with Crippen molar-refractivity contribution >= 4 is 11.4 Å². The Morgan fingerprint density at radius 1 is 1.29 bits per heavy atom. The molecule has 116 valence electrons. The van der Waals surface area contributed by atoms with Crippen LogP contribution < -0.4 is 5.32 Å². The first kappa shape index (κ1) is 15.7. The van der Waals surface area contributed by atoms with Gasteiger partial charge in [-0.05, 0) is 25.2 Å². The van der Waals surface area contributed by atoms with Gasteiger partial charge < -0.3 is 5.32 Å². The summed E-state index contributed by atoms with van der Waals surface area (Å²) in [5.74, 6) is -1.41. The number of nitro groups is 1. The van der Waals surface area contributed by atoms with Crippen molar-refractivity contribution in [2.45, 2.75) is 51.5 Å². The predicted molar refractivity (Wildman–Crippen MR) is 77.3 cm³/mol. The van der Waals surface area contributed by atoms with E-state index in [0.29, 0.717) is 5.92 Å². The summed E-state index contributed by atoms with van der Waals surface area (Å²) in [4.78, 5) is 9.80. The Hall–Kier alpha value is -1.72. The van der Waals surface area contributed by atoms with E-state index in [4.69, 9.17) is 0 Å². The summed E-state index contributed by atoms with van der Waals surface area (Å²) in [5.41, 5.74) is -0.820. The van der Waals surface area contributed by atoms with Crippen LogP contribution in [0.5, 0.6) is 0 Å². The second-order valence-electron chi connectivity index (χ2n) is 5.60. The van der Waals surface area contributed by atoms with Crippen LogP contribution in [0.2, 0.25) is 0 Å². The average Bonchev–Trinajstić information content (AvgIpc) is 2.47. The molecular weight excluding hydrogens is 278 g/mol. The monoisotopic (exact) mass is 298 g/mol. The normalized spacial score (nSPS) is 17.5. The van der Waals surface area contributed by atoms with Crippen LogP contribution >= 0.6 is 0 Å². The number of benzene rings is 1. The van der Waals surface area contributed by atoms with Gasteiger partial charge in [-0.15, -0.1) is 0 Å². The lowest BCUT2D eigenvalue weighted by molar-refractivity contribution is -0.385. The minimum Gasteiger partial charge on any atom is -0.377 e. The third-order valence-electron chi connectivity index (χ3n) is 4.23. The maximum atomic E-state index is 13.9. The Labute approximate surface area is 122 Å². The van der Waals surface area contributed by atoms with Crippen LogP contribution in [0.25, 0.3) is 0 Å². The molecule has 2 rings (SSSR count). The van der Waals surface area contributed by atoms with Gasteiger partial charge in [0.05, 0.1) is 17.1 Å². The van der Waals surface area contributed by atoms with E-state index in [-0.39, 0.29) is 11.7 Å². The maximum Gasteiger partial charge on any atom is 0.275 e. The van der Waals surface area contributed by atoms with E-state index in [0.717, 1.165) is 44.2 Å². The van der Waals surface area contributed by atoms with E-state index in [1.807, 2.05) is 6.92 Å². The van der Waals surface area contributed by atoms with E-state index >= 15 is 0 Å². The molecule has 0 radical (unpaired) electrons. The second-order valence-corrected chi connectivity index (χ2v) is 5.60. The molecule has 0 bridgehead atoms. The average molecular weight is 298 g/mol. The Morgan fingerprint density at radius 2 is 1.86 bits per heavy atom. The van der Waals surface area contributed by atoms with Gasteiger partial charge in [-0.25, -0.2) is 8.78 Å². The van der Waals surface area contributed by atoms with Crippen LogP contribution in [-0.4, -0.2) is 11.0 Å². The molecule has 0 aromatic heterocycles. The van der Waals surface area contributed by atoms with Crippen LogP contribution in [0.4, 0.5) is 20.2 Å². The number of nitrogens with zero attached hydrogens (tertiary/aromatic N) is 1. The van der Waals surface area contributed by atoms with Crippen molar-refractivity contribution in [1.29, 1.82) is 0 Å². The molecule has 1 aromatic rings. The number of halogens is 2. The zero-order valence-corrected chi connectivity index (χ0v) is 12.1. The molecule has 6 heteroatoms. The van der Waals surface area contributed by atoms with E-state index in [1.165, 1.54) is 6.42 Å². The Kier molecular flexibility index (Phi) is 5.09. The van der Waals surface area contributed by atoms with E-state index in [1.54, 1.807) is 0 Å². The number of nitrogens with one attached hydrogen (secondary N) is 1. The Balaban J connectivity index is 2.18. The van der Waals surface area contributed by atoms with Gasteiger partial charge in [0, 0.05) is 6.04 Å². The maximum absolute atomic E-state index is 13.9. The molecule has 1 aliphatic carbocycles. The first-order chi connectivity index (χ1) is 10.0. The molecule has 0 amide bonds. The molecule has 1 unspecified atom stereocenters. The van der Waals surface area contributed by atoms with Gasteiger partial charge in [0.15, 0.2) is 11.6 Å². The number of hydrogen-bond acceptors (Lipinski definition) is 3. The highest BCUT2D eigenvalue weighted by molar-refractivity contribution is 5.52. The lowest BCUT2D eigenvalue weighted by Gasteiger charge is -2.31. The van der Waals surface area contributed by atoms with Crippen molar-refractivity contribution in [3.63, 3.8) is 0 Å². The van der Waals surface area contributed by atoms with Gasteiger partial charge >= 0.3 is 0 Å². The summed E-state index contributed by atoms with van der Waals surface area (Å²) >= 11 is 0. The molecule has 1 aliphatic rings. The van der Waals surface area contributed by atoms with Crippen LogP contribution in [-0.2, 0) is 0 Å². The third kappa shape index (κ3) is 3.68. The van der Waals surface area contributed by atoms with E-state index in [2.05, 4.69) is 5.32 Å². The molecule has 4 nitrogen and oxygen atoms in total. The lowest BCUT2D eigenvalue weighted by Crippen LogP contribution is -2.30. The summed E-state index contributed by atoms with van der Waals surface area (Å²) in [7, 11) is 0. The fourth-order valence-electron chi connectivity index (χ4n) is 3.08. The summed E-state index contributed by atoms with van der Waals surface area (Å²) in [6.45, 7) is 1.98. The largest absolute Gasteiger partial charge is 0.377 e. The Bertz CT molecular complexity index is 493. The van der Waals surface area contributed by atoms with Crippen molar-refractivity contribution < 1.29 is 13.7 Å². The van der Waals surface area contributed by atoms with Gasteiger partial charge in [0.25, 0.3) is 5.69 Å². The smallest absolute Gasteiger partial charge is 0.275 e. The first-order valence-corrected chi connectivity index (χ1v) is 7.43. The predicted octanol–water partition coefficient (Wildman–Crippen LogP) is 4.64. The number of nitro benzene ring substituents is 1. The van der Waals surface area contributed by atoms with Crippen molar-refractivity contribution in [2.24, 2.45) is 5.92 Å². The molecule has 1 saturated carbocycles. The summed E-state index contributed by atoms with van der Waals surface area (Å²) < 4.78 is 27.9. The number of hydrogen-bond donors (Lipinski definition) is 1. The fraction of sp³-hybridized carbons (Fsp3) is 0.600. The second kappa shape index (κ2) is 6.83. The molecule has 0 aliphatic heterocycles. The first-order valence-electron chi connectivity index (χ1n) is 7.43. The van der Waals surface area contributed by atoms with Crippen LogP contribution in [0.3, 0.4) is 0 Å². The third-order valence-corrected chi connectivity index (χ3v) is 4.23. The Morgan fingerprint density at radius 3 is 2.33 bits per heavy atom. The summed E-state index contributed by atoms with van der Waals surface area (Å²) in [5, 5.41) is 13.5. The van der Waals surface area contributed by atoms with Crippen LogP contribution in [0, 0.1) is 27.7 Å². The quantitative estimate of drug-likeness (QED) is 0.636. The minimum absolute atomic E-state index is 0.00393. The standard InChI is InChI=1S/C15H20F2N2O2/c1-2-14(10-6-4-3-5-7-10)18-15-12(16)8-11(19(20)21)9-13(15)17/h8-10,14,18H,2-7H2,1H3. The van der Waals surface area contributed by atoms with Crippen LogP contribution in [0.1, 0.15) is 45.4 Å². The van der Waals surface area contributed by atoms with Gasteiger partial charge in [-0.1, -0.05) is 26.2 Å². The summed E-state index contributed by atoms with van der Waals surface area (Å²) in [6, 6.07) is 1.52. The molecule has 1 aromatic carbocycles. The van der Waals surface area contributed by atoms with E-state index in [9.17, 15) is 18.9 Å². The number of anilines is 1. The van der Waals surface area contributed by atoms with Gasteiger partial charge in [-0.2, -0.15) is 0 Å². The van der Waals surface area contributed by atoms with Crippen LogP contribution in [0.15, 0.2) is 12.1 Å². The lowest BCUT2D eigenvalue weighted by atomic mass is 9.83. The van der Waals surface area contributed by atoms with Crippen molar-refractivity contribution in [1.82, 2.24) is 0 Å². The minimum atomic E-state index is -0.907. The highest BCUT2D eigenvalue weighted by atomic mass is 19.1.